The number of carbonyl (C=O) groups is 1. The summed E-state index contributed by atoms with van der Waals surface area (Å²) in [6.45, 7) is 3.09. The first-order valence-corrected chi connectivity index (χ1v) is 9.47. The summed E-state index contributed by atoms with van der Waals surface area (Å²) >= 11 is 0. The topological polar surface area (TPSA) is 103 Å². The molecule has 9 heteroatoms. The molecule has 1 saturated carbocycles. The fraction of sp³-hybridized carbons (Fsp3) is 0.550. The Hall–Kier alpha value is -2.60. The zero-order valence-corrected chi connectivity index (χ0v) is 16.0. The maximum atomic E-state index is 13.5. The van der Waals surface area contributed by atoms with E-state index >= 15 is 0 Å². The molecule has 1 aromatic rings. The highest BCUT2D eigenvalue weighted by atomic mass is 19.4. The van der Waals surface area contributed by atoms with E-state index in [1.165, 1.54) is 0 Å². The molecule has 1 amide bonds. The van der Waals surface area contributed by atoms with Gasteiger partial charge in [-0.25, -0.2) is 4.99 Å². The van der Waals surface area contributed by atoms with E-state index in [1.54, 1.807) is 18.2 Å². The van der Waals surface area contributed by atoms with Gasteiger partial charge in [0.2, 0.25) is 0 Å². The van der Waals surface area contributed by atoms with E-state index < -0.39 is 42.1 Å². The summed E-state index contributed by atoms with van der Waals surface area (Å²) in [6.07, 6.45) is -5.88. The largest absolute Gasteiger partial charge is 0.393 e. The molecule has 1 aromatic carbocycles. The van der Waals surface area contributed by atoms with Gasteiger partial charge in [-0.2, -0.15) is 18.4 Å². The zero-order chi connectivity index (χ0) is 21.4. The molecule has 4 rings (SSSR count). The average molecular weight is 406 g/mol. The second-order valence-electron chi connectivity index (χ2n) is 8.31. The molecule has 1 heterocycles. The van der Waals surface area contributed by atoms with Gasteiger partial charge in [0, 0.05) is 12.0 Å². The molecule has 0 radical (unpaired) electrons. The highest BCUT2D eigenvalue weighted by Crippen LogP contribution is 2.69. The van der Waals surface area contributed by atoms with Crippen LogP contribution < -0.4 is 5.73 Å². The smallest absolute Gasteiger partial charge is 0.390 e. The first-order valence-electron chi connectivity index (χ1n) is 9.47. The fourth-order valence-corrected chi connectivity index (χ4v) is 5.61. The summed E-state index contributed by atoms with van der Waals surface area (Å²) in [5.74, 6) is -1.36. The molecule has 6 nitrogen and oxygen atoms in total. The summed E-state index contributed by atoms with van der Waals surface area (Å²) in [7, 11) is 0. The normalized spacial score (nSPS) is 35.6. The summed E-state index contributed by atoms with van der Waals surface area (Å²) in [4.78, 5) is 18.9. The number of guanidine groups is 1. The number of alkyl halides is 3. The van der Waals surface area contributed by atoms with Gasteiger partial charge >= 0.3 is 6.18 Å². The predicted octanol–water partition coefficient (Wildman–Crippen LogP) is 2.15. The fourth-order valence-electron chi connectivity index (χ4n) is 5.61. The Morgan fingerprint density at radius 3 is 2.62 bits per heavy atom. The van der Waals surface area contributed by atoms with E-state index in [2.05, 4.69) is 4.99 Å². The molecular weight excluding hydrogens is 385 g/mol. The Morgan fingerprint density at radius 1 is 1.38 bits per heavy atom. The second-order valence-corrected chi connectivity index (χ2v) is 8.31. The number of carbonyl (C=O) groups excluding carboxylic acids is 1. The minimum absolute atomic E-state index is 0.126. The van der Waals surface area contributed by atoms with Crippen LogP contribution in [0.1, 0.15) is 43.4 Å². The van der Waals surface area contributed by atoms with Crippen LogP contribution in [0.4, 0.5) is 13.2 Å². The van der Waals surface area contributed by atoms with Gasteiger partial charge in [0.15, 0.2) is 11.5 Å². The van der Waals surface area contributed by atoms with Gasteiger partial charge in [-0.3, -0.25) is 9.69 Å². The van der Waals surface area contributed by atoms with Crippen LogP contribution in [0.25, 0.3) is 0 Å². The minimum atomic E-state index is -4.44. The molecule has 1 unspecified atom stereocenters. The number of amides is 1. The van der Waals surface area contributed by atoms with Crippen LogP contribution in [-0.4, -0.2) is 40.7 Å². The van der Waals surface area contributed by atoms with Crippen LogP contribution in [0, 0.1) is 23.2 Å². The van der Waals surface area contributed by atoms with Crippen molar-refractivity contribution in [2.45, 2.75) is 49.9 Å². The summed E-state index contributed by atoms with van der Waals surface area (Å²) in [6, 6.07) is 6.99. The molecule has 0 aromatic heterocycles. The number of rotatable bonds is 2. The van der Waals surface area contributed by atoms with Crippen LogP contribution >= 0.6 is 0 Å². The third kappa shape index (κ3) is 2.32. The standard InChI is InChI=1S/C20H21F3N4O2/c1-10-8-18(11(2)15(10)28)13-4-3-12(9-24)7-14(13)20(18)16(29)27(17(25)26-20)6-5-19(21,22)23/h3-4,7,10-11,15,28H,5-6,8H2,1-2H3,(H2,25,26)/t10-,11-,15+,18+,20?/m1/s1. The monoisotopic (exact) mass is 406 g/mol. The Kier molecular flexibility index (Phi) is 4.05. The Bertz CT molecular complexity index is 969. The quantitative estimate of drug-likeness (QED) is 0.786. The van der Waals surface area contributed by atoms with Crippen LogP contribution in [-0.2, 0) is 15.7 Å². The third-order valence-electron chi connectivity index (χ3n) is 6.91. The zero-order valence-electron chi connectivity index (χ0n) is 16.0. The van der Waals surface area contributed by atoms with Crippen molar-refractivity contribution in [1.29, 1.82) is 5.26 Å². The second kappa shape index (κ2) is 5.95. The molecule has 1 aliphatic heterocycles. The molecule has 29 heavy (non-hydrogen) atoms. The first-order chi connectivity index (χ1) is 13.5. The average Bonchev–Trinajstić information content (AvgIpc) is 3.06. The molecule has 3 N–H and O–H groups in total. The van der Waals surface area contributed by atoms with Crippen LogP contribution in [0.3, 0.4) is 0 Å². The summed E-state index contributed by atoms with van der Waals surface area (Å²) in [5, 5.41) is 19.9. The lowest BCUT2D eigenvalue weighted by atomic mass is 9.47. The number of nitriles is 1. The third-order valence-corrected chi connectivity index (χ3v) is 6.91. The SMILES string of the molecule is C[C@@H]1C[C@@]2(c3ccc(C#N)cc3C23N=C(N)N(CCC(F)(F)F)C3=O)[C@H](C)[C@H]1O. The molecule has 3 aliphatic rings. The Labute approximate surface area is 165 Å². The van der Waals surface area contributed by atoms with E-state index in [0.717, 1.165) is 10.5 Å². The molecule has 154 valence electrons. The molecule has 0 saturated heterocycles. The highest BCUT2D eigenvalue weighted by molar-refractivity contribution is 6.10. The van der Waals surface area contributed by atoms with Crippen molar-refractivity contribution in [3.63, 3.8) is 0 Å². The van der Waals surface area contributed by atoms with Gasteiger partial charge in [0.25, 0.3) is 5.91 Å². The van der Waals surface area contributed by atoms with Crippen molar-refractivity contribution in [3.8, 4) is 6.07 Å². The first kappa shape index (κ1) is 19.7. The molecule has 2 spiro atoms. The van der Waals surface area contributed by atoms with E-state index in [-0.39, 0.29) is 17.8 Å². The lowest BCUT2D eigenvalue weighted by Gasteiger charge is -2.56. The minimum Gasteiger partial charge on any atom is -0.393 e. The Morgan fingerprint density at radius 2 is 2.07 bits per heavy atom. The molecule has 0 bridgehead atoms. The maximum Gasteiger partial charge on any atom is 0.390 e. The van der Waals surface area contributed by atoms with E-state index in [4.69, 9.17) is 5.73 Å². The maximum absolute atomic E-state index is 13.5. The molecule has 1 fully saturated rings. The van der Waals surface area contributed by atoms with Crippen LogP contribution in [0.2, 0.25) is 0 Å². The Balaban J connectivity index is 1.86. The number of hydrogen-bond donors (Lipinski definition) is 2. The number of hydrogen-bond acceptors (Lipinski definition) is 5. The van der Waals surface area contributed by atoms with Gasteiger partial charge in [-0.1, -0.05) is 19.9 Å². The van der Waals surface area contributed by atoms with Crippen molar-refractivity contribution < 1.29 is 23.1 Å². The number of halogens is 3. The van der Waals surface area contributed by atoms with Crippen molar-refractivity contribution in [1.82, 2.24) is 4.90 Å². The van der Waals surface area contributed by atoms with Gasteiger partial charge in [0.1, 0.15) is 0 Å². The van der Waals surface area contributed by atoms with E-state index in [0.29, 0.717) is 17.5 Å². The number of aliphatic imine (C=N–C) groups is 1. The number of benzene rings is 1. The number of fused-ring (bicyclic) bond motifs is 4. The predicted molar refractivity (Wildman–Crippen MR) is 97.5 cm³/mol. The van der Waals surface area contributed by atoms with Crippen LogP contribution in [0.15, 0.2) is 23.2 Å². The number of nitrogens with two attached hydrogens (primary N) is 1. The summed E-state index contributed by atoms with van der Waals surface area (Å²) < 4.78 is 38.3. The van der Waals surface area contributed by atoms with Crippen LogP contribution in [0.5, 0.6) is 0 Å². The van der Waals surface area contributed by atoms with Crippen molar-refractivity contribution in [2.24, 2.45) is 22.6 Å². The van der Waals surface area contributed by atoms with Crippen molar-refractivity contribution in [3.05, 3.63) is 34.9 Å². The highest BCUT2D eigenvalue weighted by Gasteiger charge is 2.75. The lowest BCUT2D eigenvalue weighted by Crippen LogP contribution is -2.64. The van der Waals surface area contributed by atoms with Crippen molar-refractivity contribution in [2.75, 3.05) is 6.54 Å². The van der Waals surface area contributed by atoms with Gasteiger partial charge < -0.3 is 10.8 Å². The van der Waals surface area contributed by atoms with E-state index in [9.17, 15) is 28.3 Å². The van der Waals surface area contributed by atoms with Crippen molar-refractivity contribution >= 4 is 11.9 Å². The number of aliphatic hydroxyl groups is 1. The molecule has 2 aliphatic carbocycles. The lowest BCUT2D eigenvalue weighted by molar-refractivity contribution is -0.146. The van der Waals surface area contributed by atoms with Gasteiger partial charge in [0.05, 0.1) is 24.2 Å². The summed E-state index contributed by atoms with van der Waals surface area (Å²) in [5.41, 5.74) is 5.18. The van der Waals surface area contributed by atoms with Gasteiger partial charge in [-0.05, 0) is 41.5 Å². The van der Waals surface area contributed by atoms with E-state index in [1.807, 2.05) is 19.9 Å². The molecular formula is C20H21F3N4O2. The molecule has 5 atom stereocenters. The van der Waals surface area contributed by atoms with Gasteiger partial charge in [-0.15, -0.1) is 0 Å². The number of nitrogens with zero attached hydrogens (tertiary/aromatic N) is 3. The number of aliphatic hydroxyl groups excluding tert-OH is 1.